The highest BCUT2D eigenvalue weighted by Crippen LogP contribution is 2.24. The second-order valence-corrected chi connectivity index (χ2v) is 7.75. The fourth-order valence-electron chi connectivity index (χ4n) is 1.85. The number of hydrogen-bond acceptors (Lipinski definition) is 5. The van der Waals surface area contributed by atoms with Gasteiger partial charge in [-0.15, -0.1) is 11.3 Å². The molecule has 0 aliphatic carbocycles. The van der Waals surface area contributed by atoms with E-state index in [0.717, 1.165) is 17.0 Å². The molecule has 0 amide bonds. The molecule has 7 heteroatoms. The predicted octanol–water partition coefficient (Wildman–Crippen LogP) is 3.17. The first-order valence-electron chi connectivity index (χ1n) is 6.99. The molecule has 2 aromatic rings. The molecule has 0 saturated heterocycles. The number of thiophene rings is 1. The molecular formula is C15H20N2O3S2. The van der Waals surface area contributed by atoms with Crippen molar-refractivity contribution in [2.24, 2.45) is 0 Å². The molecule has 0 atom stereocenters. The Morgan fingerprint density at radius 1 is 1.09 bits per heavy atom. The van der Waals surface area contributed by atoms with Gasteiger partial charge >= 0.3 is 0 Å². The van der Waals surface area contributed by atoms with Crippen LogP contribution in [0.5, 0.6) is 0 Å². The molecule has 0 saturated carbocycles. The van der Waals surface area contributed by atoms with Crippen molar-refractivity contribution in [1.82, 2.24) is 0 Å². The topological polar surface area (TPSA) is 67.4 Å². The quantitative estimate of drug-likeness (QED) is 0.724. The second-order valence-electron chi connectivity index (χ2n) is 4.68. The van der Waals surface area contributed by atoms with Gasteiger partial charge in [-0.3, -0.25) is 4.72 Å². The van der Waals surface area contributed by atoms with Crippen molar-refractivity contribution in [3.63, 3.8) is 0 Å². The molecule has 1 aromatic heterocycles. The lowest BCUT2D eigenvalue weighted by Gasteiger charge is -2.09. The molecule has 1 heterocycles. The molecular weight excluding hydrogens is 320 g/mol. The van der Waals surface area contributed by atoms with E-state index < -0.39 is 10.0 Å². The SMILES string of the molecule is CCc1ccc(S(=O)(=O)Nc2ccc(NCCOC)cc2)s1. The number of methoxy groups -OCH3 is 1. The predicted molar refractivity (Wildman–Crippen MR) is 91.3 cm³/mol. The zero-order chi connectivity index (χ0) is 16.0. The summed E-state index contributed by atoms with van der Waals surface area (Å²) in [6.45, 7) is 3.33. The van der Waals surface area contributed by atoms with Gasteiger partial charge in [0.2, 0.25) is 0 Å². The summed E-state index contributed by atoms with van der Waals surface area (Å²) < 4.78 is 32.5. The van der Waals surface area contributed by atoms with Crippen LogP contribution in [-0.4, -0.2) is 28.7 Å². The van der Waals surface area contributed by atoms with E-state index in [9.17, 15) is 8.42 Å². The molecule has 5 nitrogen and oxygen atoms in total. The number of sulfonamides is 1. The second kappa shape index (κ2) is 7.62. The van der Waals surface area contributed by atoms with Crippen molar-refractivity contribution in [2.75, 3.05) is 30.3 Å². The van der Waals surface area contributed by atoms with Crippen LogP contribution in [0.15, 0.2) is 40.6 Å². The Labute approximate surface area is 135 Å². The van der Waals surface area contributed by atoms with Crippen molar-refractivity contribution in [2.45, 2.75) is 17.6 Å². The molecule has 0 unspecified atom stereocenters. The molecule has 2 N–H and O–H groups in total. The molecule has 0 radical (unpaired) electrons. The van der Waals surface area contributed by atoms with E-state index in [4.69, 9.17) is 4.74 Å². The Balaban J connectivity index is 2.03. The first-order valence-corrected chi connectivity index (χ1v) is 9.29. The number of hydrogen-bond donors (Lipinski definition) is 2. The Morgan fingerprint density at radius 2 is 1.77 bits per heavy atom. The summed E-state index contributed by atoms with van der Waals surface area (Å²) >= 11 is 1.30. The minimum absolute atomic E-state index is 0.339. The molecule has 0 bridgehead atoms. The molecule has 0 fully saturated rings. The van der Waals surface area contributed by atoms with E-state index in [1.54, 1.807) is 25.3 Å². The average Bonchev–Trinajstić information content (AvgIpc) is 2.99. The first-order chi connectivity index (χ1) is 10.5. The summed E-state index contributed by atoms with van der Waals surface area (Å²) in [4.78, 5) is 1.05. The number of ether oxygens (including phenoxy) is 1. The van der Waals surface area contributed by atoms with Crippen LogP contribution in [0.25, 0.3) is 0 Å². The molecule has 0 spiro atoms. The molecule has 1 aromatic carbocycles. The molecule has 22 heavy (non-hydrogen) atoms. The van der Waals surface area contributed by atoms with Gasteiger partial charge in [-0.2, -0.15) is 0 Å². The van der Waals surface area contributed by atoms with Crippen LogP contribution in [0.3, 0.4) is 0 Å². The number of benzene rings is 1. The van der Waals surface area contributed by atoms with Crippen LogP contribution in [0, 0.1) is 0 Å². The monoisotopic (exact) mass is 340 g/mol. The van der Waals surface area contributed by atoms with Crippen molar-refractivity contribution >= 4 is 32.7 Å². The highest BCUT2D eigenvalue weighted by molar-refractivity contribution is 7.94. The van der Waals surface area contributed by atoms with Gasteiger partial charge in [-0.05, 0) is 42.8 Å². The average molecular weight is 340 g/mol. The summed E-state index contributed by atoms with van der Waals surface area (Å²) in [6, 6.07) is 10.6. The normalized spacial score (nSPS) is 11.4. The lowest BCUT2D eigenvalue weighted by Crippen LogP contribution is -2.11. The van der Waals surface area contributed by atoms with Gasteiger partial charge in [-0.25, -0.2) is 8.42 Å². The lowest BCUT2D eigenvalue weighted by atomic mass is 10.3. The van der Waals surface area contributed by atoms with Gasteiger partial charge in [0.1, 0.15) is 4.21 Å². The fourth-order valence-corrected chi connectivity index (χ4v) is 4.21. The highest BCUT2D eigenvalue weighted by atomic mass is 32.2. The molecule has 120 valence electrons. The molecule has 0 aliphatic heterocycles. The van der Waals surface area contributed by atoms with Gasteiger partial charge in [0.05, 0.1) is 6.61 Å². The summed E-state index contributed by atoms with van der Waals surface area (Å²) in [7, 11) is -1.86. The number of anilines is 2. The van der Waals surface area contributed by atoms with Crippen LogP contribution in [0.1, 0.15) is 11.8 Å². The summed E-state index contributed by atoms with van der Waals surface area (Å²) in [6.07, 6.45) is 0.835. The van der Waals surface area contributed by atoms with Crippen LogP contribution >= 0.6 is 11.3 Å². The summed E-state index contributed by atoms with van der Waals surface area (Å²) in [5.74, 6) is 0. The van der Waals surface area contributed by atoms with E-state index in [1.807, 2.05) is 25.1 Å². The van der Waals surface area contributed by atoms with Crippen LogP contribution in [0.2, 0.25) is 0 Å². The fraction of sp³-hybridized carbons (Fsp3) is 0.333. The largest absolute Gasteiger partial charge is 0.383 e. The lowest BCUT2D eigenvalue weighted by molar-refractivity contribution is 0.211. The minimum atomic E-state index is -3.51. The van der Waals surface area contributed by atoms with Crippen LogP contribution in [0.4, 0.5) is 11.4 Å². The summed E-state index contributed by atoms with van der Waals surface area (Å²) in [5, 5.41) is 3.18. The van der Waals surface area contributed by atoms with Gasteiger partial charge in [0.15, 0.2) is 0 Å². The maximum atomic E-state index is 12.3. The number of rotatable bonds is 8. The van der Waals surface area contributed by atoms with E-state index in [-0.39, 0.29) is 0 Å². The third-order valence-electron chi connectivity index (χ3n) is 3.02. The Kier molecular flexibility index (Phi) is 5.82. The van der Waals surface area contributed by atoms with Crippen molar-refractivity contribution in [3.05, 3.63) is 41.3 Å². The Bertz CT molecular complexity index is 694. The van der Waals surface area contributed by atoms with Crippen LogP contribution < -0.4 is 10.0 Å². The first kappa shape index (κ1) is 16.8. The van der Waals surface area contributed by atoms with E-state index >= 15 is 0 Å². The third-order valence-corrected chi connectivity index (χ3v) is 6.13. The number of aryl methyl sites for hydroxylation is 1. The molecule has 0 aliphatic rings. The maximum absolute atomic E-state index is 12.3. The smallest absolute Gasteiger partial charge is 0.271 e. The Morgan fingerprint density at radius 3 is 2.36 bits per heavy atom. The van der Waals surface area contributed by atoms with Gasteiger partial charge in [0.25, 0.3) is 10.0 Å². The van der Waals surface area contributed by atoms with E-state index in [2.05, 4.69) is 10.0 Å². The minimum Gasteiger partial charge on any atom is -0.383 e. The van der Waals surface area contributed by atoms with Gasteiger partial charge < -0.3 is 10.1 Å². The zero-order valence-corrected chi connectivity index (χ0v) is 14.3. The standard InChI is InChI=1S/C15H20N2O3S2/c1-3-14-8-9-15(21-14)22(18,19)17-13-6-4-12(5-7-13)16-10-11-20-2/h4-9,16-17H,3,10-11H2,1-2H3. The number of nitrogens with one attached hydrogen (secondary N) is 2. The van der Waals surface area contributed by atoms with Gasteiger partial charge in [-0.1, -0.05) is 6.92 Å². The van der Waals surface area contributed by atoms with Crippen molar-refractivity contribution in [1.29, 1.82) is 0 Å². The molecule has 2 rings (SSSR count). The van der Waals surface area contributed by atoms with Crippen LogP contribution in [-0.2, 0) is 21.2 Å². The highest BCUT2D eigenvalue weighted by Gasteiger charge is 2.16. The third kappa shape index (κ3) is 4.46. The van der Waals surface area contributed by atoms with E-state index in [1.165, 1.54) is 11.3 Å². The summed E-state index contributed by atoms with van der Waals surface area (Å²) in [5.41, 5.74) is 1.47. The van der Waals surface area contributed by atoms with Crippen molar-refractivity contribution < 1.29 is 13.2 Å². The maximum Gasteiger partial charge on any atom is 0.271 e. The zero-order valence-electron chi connectivity index (χ0n) is 12.6. The van der Waals surface area contributed by atoms with Crippen molar-refractivity contribution in [3.8, 4) is 0 Å². The van der Waals surface area contributed by atoms with Gasteiger partial charge in [0, 0.05) is 29.9 Å². The Hall–Kier alpha value is -1.57. The van der Waals surface area contributed by atoms with E-state index in [0.29, 0.717) is 23.0 Å².